The number of fused-ring (bicyclic) bond motifs is 1. The lowest BCUT2D eigenvalue weighted by Crippen LogP contribution is -2.57. The highest BCUT2D eigenvalue weighted by atomic mass is 16.2. The third kappa shape index (κ3) is 2.66. The molecule has 102 valence electrons. The number of hydrogen-bond acceptors (Lipinski definition) is 3. The number of nitrogens with zero attached hydrogens (tertiary/aromatic N) is 2. The molecule has 18 heavy (non-hydrogen) atoms. The molecule has 2 fully saturated rings. The molecular formula is C13H23N3O2. The second-order valence-electron chi connectivity index (χ2n) is 5.34. The third-order valence-electron chi connectivity index (χ3n) is 4.05. The molecule has 2 aliphatic rings. The standard InChI is InChI=1S/C13H23N3O2/c1-10(14-2)5-3-7-15-9-12(17)16-8-4-6-11(16)13(15)18/h10-11,14H,3-9H2,1-2H3. The monoisotopic (exact) mass is 253 g/mol. The highest BCUT2D eigenvalue weighted by Crippen LogP contribution is 2.23. The van der Waals surface area contributed by atoms with Crippen LogP contribution >= 0.6 is 0 Å². The Balaban J connectivity index is 1.85. The Hall–Kier alpha value is -1.10. The minimum Gasteiger partial charge on any atom is -0.332 e. The van der Waals surface area contributed by atoms with Crippen LogP contribution in [0, 0.1) is 0 Å². The van der Waals surface area contributed by atoms with Crippen LogP contribution in [0.3, 0.4) is 0 Å². The molecule has 1 N–H and O–H groups in total. The summed E-state index contributed by atoms with van der Waals surface area (Å²) in [7, 11) is 1.94. The first-order chi connectivity index (χ1) is 8.63. The fraction of sp³-hybridized carbons (Fsp3) is 0.846. The molecule has 0 aromatic heterocycles. The van der Waals surface area contributed by atoms with Crippen molar-refractivity contribution >= 4 is 11.8 Å². The van der Waals surface area contributed by atoms with Crippen LogP contribution in [-0.4, -0.2) is 60.4 Å². The number of nitrogens with one attached hydrogen (secondary N) is 1. The minimum atomic E-state index is -0.159. The number of rotatable bonds is 5. The zero-order valence-electron chi connectivity index (χ0n) is 11.3. The van der Waals surface area contributed by atoms with Crippen molar-refractivity contribution in [2.45, 2.75) is 44.7 Å². The maximum absolute atomic E-state index is 12.2. The minimum absolute atomic E-state index is 0.124. The lowest BCUT2D eigenvalue weighted by atomic mass is 10.1. The van der Waals surface area contributed by atoms with E-state index in [1.807, 2.05) is 7.05 Å². The summed E-state index contributed by atoms with van der Waals surface area (Å²) in [6.45, 7) is 3.88. The number of hydrogen-bond donors (Lipinski definition) is 1. The van der Waals surface area contributed by atoms with Crippen LogP contribution in [0.5, 0.6) is 0 Å². The van der Waals surface area contributed by atoms with Crippen LogP contribution in [-0.2, 0) is 9.59 Å². The van der Waals surface area contributed by atoms with Crippen LogP contribution in [0.1, 0.15) is 32.6 Å². The molecule has 0 aromatic rings. The van der Waals surface area contributed by atoms with Crippen LogP contribution in [0.25, 0.3) is 0 Å². The van der Waals surface area contributed by atoms with Crippen molar-refractivity contribution in [2.75, 3.05) is 26.7 Å². The molecule has 2 heterocycles. The normalized spacial score (nSPS) is 25.6. The van der Waals surface area contributed by atoms with Gasteiger partial charge in [-0.2, -0.15) is 0 Å². The predicted molar refractivity (Wildman–Crippen MR) is 69.1 cm³/mol. The van der Waals surface area contributed by atoms with Gasteiger partial charge in [0.15, 0.2) is 0 Å². The van der Waals surface area contributed by atoms with E-state index in [2.05, 4.69) is 12.2 Å². The van der Waals surface area contributed by atoms with E-state index >= 15 is 0 Å². The molecule has 2 rings (SSSR count). The topological polar surface area (TPSA) is 52.7 Å². The van der Waals surface area contributed by atoms with Gasteiger partial charge in [0.25, 0.3) is 0 Å². The fourth-order valence-corrected chi connectivity index (χ4v) is 2.79. The first-order valence-corrected chi connectivity index (χ1v) is 6.89. The summed E-state index contributed by atoms with van der Waals surface area (Å²) in [4.78, 5) is 27.6. The molecule has 0 bridgehead atoms. The summed E-state index contributed by atoms with van der Waals surface area (Å²) in [5.74, 6) is 0.281. The molecule has 0 radical (unpaired) electrons. The van der Waals surface area contributed by atoms with Crippen LogP contribution in [0.4, 0.5) is 0 Å². The predicted octanol–water partition coefficient (Wildman–Crippen LogP) is 0.208. The van der Waals surface area contributed by atoms with Gasteiger partial charge in [-0.05, 0) is 39.7 Å². The van der Waals surface area contributed by atoms with E-state index in [0.717, 1.165) is 32.2 Å². The van der Waals surface area contributed by atoms with Gasteiger partial charge >= 0.3 is 0 Å². The van der Waals surface area contributed by atoms with Gasteiger partial charge in [0, 0.05) is 19.1 Å². The Morgan fingerprint density at radius 2 is 2.22 bits per heavy atom. The summed E-state index contributed by atoms with van der Waals surface area (Å²) in [5, 5.41) is 3.18. The average Bonchev–Trinajstić information content (AvgIpc) is 2.84. The Morgan fingerprint density at radius 3 is 2.94 bits per heavy atom. The van der Waals surface area contributed by atoms with Crippen molar-refractivity contribution in [1.29, 1.82) is 0 Å². The third-order valence-corrected chi connectivity index (χ3v) is 4.05. The second kappa shape index (κ2) is 5.69. The number of carbonyl (C=O) groups is 2. The van der Waals surface area contributed by atoms with Gasteiger partial charge in [0.05, 0.1) is 6.54 Å². The summed E-state index contributed by atoms with van der Waals surface area (Å²) in [6.07, 6.45) is 3.79. The summed E-state index contributed by atoms with van der Waals surface area (Å²) in [5.41, 5.74) is 0. The summed E-state index contributed by atoms with van der Waals surface area (Å²) in [6, 6.07) is 0.302. The van der Waals surface area contributed by atoms with Gasteiger partial charge in [0.2, 0.25) is 11.8 Å². The summed E-state index contributed by atoms with van der Waals surface area (Å²) < 4.78 is 0. The molecule has 2 aliphatic heterocycles. The van der Waals surface area contributed by atoms with Gasteiger partial charge < -0.3 is 15.1 Å². The van der Waals surface area contributed by atoms with Crippen molar-refractivity contribution in [2.24, 2.45) is 0 Å². The largest absolute Gasteiger partial charge is 0.332 e. The first kappa shape index (κ1) is 13.3. The second-order valence-corrected chi connectivity index (χ2v) is 5.34. The van der Waals surface area contributed by atoms with Gasteiger partial charge in [-0.3, -0.25) is 9.59 Å². The Labute approximate surface area is 108 Å². The van der Waals surface area contributed by atoms with E-state index in [9.17, 15) is 9.59 Å². The zero-order valence-corrected chi connectivity index (χ0v) is 11.3. The fourth-order valence-electron chi connectivity index (χ4n) is 2.79. The van der Waals surface area contributed by atoms with E-state index in [0.29, 0.717) is 12.6 Å². The number of piperazine rings is 1. The highest BCUT2D eigenvalue weighted by Gasteiger charge is 2.41. The van der Waals surface area contributed by atoms with Crippen molar-refractivity contribution in [3.63, 3.8) is 0 Å². The van der Waals surface area contributed by atoms with E-state index in [1.54, 1.807) is 9.80 Å². The molecule has 2 saturated heterocycles. The quantitative estimate of drug-likeness (QED) is 0.762. The van der Waals surface area contributed by atoms with Gasteiger partial charge in [-0.25, -0.2) is 0 Å². The molecule has 0 spiro atoms. The molecule has 2 amide bonds. The van der Waals surface area contributed by atoms with Crippen LogP contribution in [0.2, 0.25) is 0 Å². The Kier molecular flexibility index (Phi) is 4.22. The molecule has 0 aromatic carbocycles. The Morgan fingerprint density at radius 1 is 1.44 bits per heavy atom. The molecular weight excluding hydrogens is 230 g/mol. The van der Waals surface area contributed by atoms with E-state index in [1.165, 1.54) is 0 Å². The molecule has 5 nitrogen and oxygen atoms in total. The van der Waals surface area contributed by atoms with Gasteiger partial charge in [-0.1, -0.05) is 0 Å². The zero-order chi connectivity index (χ0) is 13.1. The first-order valence-electron chi connectivity index (χ1n) is 6.89. The summed E-state index contributed by atoms with van der Waals surface area (Å²) >= 11 is 0. The number of amides is 2. The van der Waals surface area contributed by atoms with E-state index < -0.39 is 0 Å². The lowest BCUT2D eigenvalue weighted by Gasteiger charge is -2.36. The van der Waals surface area contributed by atoms with Crippen molar-refractivity contribution in [3.05, 3.63) is 0 Å². The van der Waals surface area contributed by atoms with Crippen LogP contribution < -0.4 is 5.32 Å². The van der Waals surface area contributed by atoms with Crippen molar-refractivity contribution in [3.8, 4) is 0 Å². The maximum Gasteiger partial charge on any atom is 0.245 e. The van der Waals surface area contributed by atoms with E-state index in [-0.39, 0.29) is 24.4 Å². The Bertz CT molecular complexity index is 332. The molecule has 5 heteroatoms. The van der Waals surface area contributed by atoms with Crippen molar-refractivity contribution in [1.82, 2.24) is 15.1 Å². The van der Waals surface area contributed by atoms with Crippen LogP contribution in [0.15, 0.2) is 0 Å². The molecule has 0 aliphatic carbocycles. The lowest BCUT2D eigenvalue weighted by molar-refractivity contribution is -0.153. The van der Waals surface area contributed by atoms with Gasteiger partial charge in [0.1, 0.15) is 6.04 Å². The smallest absolute Gasteiger partial charge is 0.245 e. The average molecular weight is 253 g/mol. The van der Waals surface area contributed by atoms with Crippen molar-refractivity contribution < 1.29 is 9.59 Å². The highest BCUT2D eigenvalue weighted by molar-refractivity contribution is 5.95. The van der Waals surface area contributed by atoms with Gasteiger partial charge in [-0.15, -0.1) is 0 Å². The maximum atomic E-state index is 12.2. The SMILES string of the molecule is CNC(C)CCCN1CC(=O)N2CCCC2C1=O. The number of carbonyl (C=O) groups excluding carboxylic acids is 2. The van der Waals surface area contributed by atoms with E-state index in [4.69, 9.17) is 0 Å². The molecule has 2 atom stereocenters. The molecule has 2 unspecified atom stereocenters. The molecule has 0 saturated carbocycles.